The molecule has 0 fully saturated rings. The predicted octanol–water partition coefficient (Wildman–Crippen LogP) is 2.86. The second-order valence-corrected chi connectivity index (χ2v) is 5.17. The molecule has 21 heavy (non-hydrogen) atoms. The molecule has 5 heteroatoms. The van der Waals surface area contributed by atoms with E-state index in [1.807, 2.05) is 12.1 Å². The predicted molar refractivity (Wildman–Crippen MR) is 79.1 cm³/mol. The number of nitrogen functional groups attached to an aromatic ring is 1. The zero-order chi connectivity index (χ0) is 15.0. The van der Waals surface area contributed by atoms with E-state index >= 15 is 0 Å². The number of benzene rings is 2. The molecule has 0 saturated carbocycles. The molecule has 4 nitrogen and oxygen atoms in total. The lowest BCUT2D eigenvalue weighted by Gasteiger charge is -2.30. The first kappa shape index (κ1) is 13.4. The number of hydrogen-bond acceptors (Lipinski definition) is 3. The smallest absolute Gasteiger partial charge is 0.340 e. The molecule has 1 aliphatic rings. The van der Waals surface area contributed by atoms with Crippen LogP contribution in [0.5, 0.6) is 0 Å². The van der Waals surface area contributed by atoms with Crippen LogP contribution in [0.1, 0.15) is 27.4 Å². The lowest BCUT2D eigenvalue weighted by molar-refractivity contribution is 0.0698. The van der Waals surface area contributed by atoms with E-state index in [1.54, 1.807) is 0 Å². The van der Waals surface area contributed by atoms with Crippen molar-refractivity contribution in [3.63, 3.8) is 0 Å². The Morgan fingerprint density at radius 2 is 2.10 bits per heavy atom. The standard InChI is InChI=1S/C16H15FN2O2/c17-12-5-6-13(14(15(12)18)16(20)21)19-8-10-7-9-3-1-2-4-11(9)10/h1-6,10,19H,7-8,18H2,(H,20,21). The molecular weight excluding hydrogens is 271 g/mol. The summed E-state index contributed by atoms with van der Waals surface area (Å²) in [5.41, 5.74) is 7.93. The van der Waals surface area contributed by atoms with Crippen LogP contribution in [0.3, 0.4) is 0 Å². The Hall–Kier alpha value is -2.56. The summed E-state index contributed by atoms with van der Waals surface area (Å²) < 4.78 is 13.4. The Labute approximate surface area is 121 Å². The number of carboxylic acid groups (broad SMARTS) is 1. The summed E-state index contributed by atoms with van der Waals surface area (Å²) in [5.74, 6) is -1.61. The number of halogens is 1. The molecule has 1 atom stereocenters. The number of rotatable bonds is 4. The highest BCUT2D eigenvalue weighted by Gasteiger charge is 2.26. The molecular formula is C16H15FN2O2. The minimum atomic E-state index is -1.23. The second kappa shape index (κ2) is 5.09. The number of aromatic carboxylic acids is 1. The van der Waals surface area contributed by atoms with Crippen LogP contribution in [-0.2, 0) is 6.42 Å². The molecule has 2 aromatic carbocycles. The summed E-state index contributed by atoms with van der Waals surface area (Å²) in [4.78, 5) is 11.2. The van der Waals surface area contributed by atoms with Crippen LogP contribution in [-0.4, -0.2) is 17.6 Å². The van der Waals surface area contributed by atoms with Gasteiger partial charge < -0.3 is 16.2 Å². The number of fused-ring (bicyclic) bond motifs is 1. The zero-order valence-corrected chi connectivity index (χ0v) is 11.3. The fourth-order valence-corrected chi connectivity index (χ4v) is 2.75. The maximum Gasteiger partial charge on any atom is 0.340 e. The molecule has 0 bridgehead atoms. The fraction of sp³-hybridized carbons (Fsp3) is 0.188. The largest absolute Gasteiger partial charge is 0.478 e. The SMILES string of the molecule is Nc1c(F)ccc(NCC2Cc3ccccc32)c1C(=O)O. The number of carboxylic acids is 1. The first-order chi connectivity index (χ1) is 10.1. The molecule has 0 spiro atoms. The van der Waals surface area contributed by atoms with Crippen LogP contribution >= 0.6 is 0 Å². The average Bonchev–Trinajstić information content (AvgIpc) is 2.43. The van der Waals surface area contributed by atoms with Crippen molar-refractivity contribution in [1.29, 1.82) is 0 Å². The molecule has 0 saturated heterocycles. The van der Waals surface area contributed by atoms with Crippen molar-refractivity contribution in [2.75, 3.05) is 17.6 Å². The third kappa shape index (κ3) is 2.31. The highest BCUT2D eigenvalue weighted by atomic mass is 19.1. The molecule has 4 N–H and O–H groups in total. The number of nitrogens with one attached hydrogen (secondary N) is 1. The van der Waals surface area contributed by atoms with E-state index in [4.69, 9.17) is 5.73 Å². The van der Waals surface area contributed by atoms with E-state index in [-0.39, 0.29) is 11.3 Å². The Kier molecular flexibility index (Phi) is 3.25. The molecule has 0 heterocycles. The normalized spacial score (nSPS) is 16.0. The monoisotopic (exact) mass is 286 g/mol. The van der Waals surface area contributed by atoms with Gasteiger partial charge in [-0.2, -0.15) is 0 Å². The molecule has 0 radical (unpaired) electrons. The highest BCUT2D eigenvalue weighted by Crippen LogP contribution is 2.35. The molecule has 0 aliphatic heterocycles. The quantitative estimate of drug-likeness (QED) is 0.755. The number of hydrogen-bond donors (Lipinski definition) is 3. The van der Waals surface area contributed by atoms with Crippen LogP contribution in [0.2, 0.25) is 0 Å². The molecule has 1 unspecified atom stereocenters. The molecule has 3 rings (SSSR count). The van der Waals surface area contributed by atoms with Crippen molar-refractivity contribution < 1.29 is 14.3 Å². The van der Waals surface area contributed by atoms with Crippen molar-refractivity contribution in [2.24, 2.45) is 0 Å². The summed E-state index contributed by atoms with van der Waals surface area (Å²) in [7, 11) is 0. The number of anilines is 2. The van der Waals surface area contributed by atoms with E-state index in [2.05, 4.69) is 17.4 Å². The maximum absolute atomic E-state index is 13.4. The van der Waals surface area contributed by atoms with Crippen LogP contribution in [0, 0.1) is 5.82 Å². The summed E-state index contributed by atoms with van der Waals surface area (Å²) in [6, 6.07) is 10.8. The van der Waals surface area contributed by atoms with E-state index in [0.29, 0.717) is 18.2 Å². The van der Waals surface area contributed by atoms with Gasteiger partial charge >= 0.3 is 5.97 Å². The molecule has 108 valence electrons. The van der Waals surface area contributed by atoms with Crippen LogP contribution < -0.4 is 11.1 Å². The van der Waals surface area contributed by atoms with Gasteiger partial charge in [-0.1, -0.05) is 24.3 Å². The summed E-state index contributed by atoms with van der Waals surface area (Å²) in [6.45, 7) is 0.600. The average molecular weight is 286 g/mol. The minimum absolute atomic E-state index is 0.206. The zero-order valence-electron chi connectivity index (χ0n) is 11.3. The van der Waals surface area contributed by atoms with Crippen molar-refractivity contribution in [3.8, 4) is 0 Å². The van der Waals surface area contributed by atoms with Gasteiger partial charge in [-0.05, 0) is 29.7 Å². The van der Waals surface area contributed by atoms with Gasteiger partial charge in [-0.25, -0.2) is 9.18 Å². The summed E-state index contributed by atoms with van der Waals surface area (Å²) >= 11 is 0. The van der Waals surface area contributed by atoms with Gasteiger partial charge in [-0.15, -0.1) is 0 Å². The summed E-state index contributed by atoms with van der Waals surface area (Å²) in [6.07, 6.45) is 0.961. The Morgan fingerprint density at radius 3 is 2.81 bits per heavy atom. The fourth-order valence-electron chi connectivity index (χ4n) is 2.75. The second-order valence-electron chi connectivity index (χ2n) is 5.17. The van der Waals surface area contributed by atoms with Crippen molar-refractivity contribution in [1.82, 2.24) is 0 Å². The van der Waals surface area contributed by atoms with Crippen LogP contribution in [0.25, 0.3) is 0 Å². The molecule has 0 amide bonds. The van der Waals surface area contributed by atoms with Gasteiger partial charge in [-0.3, -0.25) is 0 Å². The number of nitrogens with two attached hydrogens (primary N) is 1. The molecule has 2 aromatic rings. The Bertz CT molecular complexity index is 715. The third-order valence-electron chi connectivity index (χ3n) is 3.91. The van der Waals surface area contributed by atoms with Crippen molar-refractivity contribution in [2.45, 2.75) is 12.3 Å². The van der Waals surface area contributed by atoms with Crippen LogP contribution in [0.15, 0.2) is 36.4 Å². The van der Waals surface area contributed by atoms with E-state index < -0.39 is 11.8 Å². The van der Waals surface area contributed by atoms with E-state index in [9.17, 15) is 14.3 Å². The first-order valence-corrected chi connectivity index (χ1v) is 6.71. The van der Waals surface area contributed by atoms with Gasteiger partial charge in [0, 0.05) is 12.5 Å². The van der Waals surface area contributed by atoms with Crippen molar-refractivity contribution >= 4 is 17.3 Å². The molecule has 0 aromatic heterocycles. The summed E-state index contributed by atoms with van der Waals surface area (Å²) in [5, 5.41) is 12.3. The Morgan fingerprint density at radius 1 is 1.33 bits per heavy atom. The maximum atomic E-state index is 13.4. The highest BCUT2D eigenvalue weighted by molar-refractivity contribution is 6.00. The van der Waals surface area contributed by atoms with Gasteiger partial charge in [0.1, 0.15) is 11.4 Å². The molecule has 1 aliphatic carbocycles. The van der Waals surface area contributed by atoms with Gasteiger partial charge in [0.2, 0.25) is 0 Å². The minimum Gasteiger partial charge on any atom is -0.478 e. The Balaban J connectivity index is 1.78. The lowest BCUT2D eigenvalue weighted by atomic mass is 9.77. The van der Waals surface area contributed by atoms with Gasteiger partial charge in [0.25, 0.3) is 0 Å². The number of carbonyl (C=O) groups is 1. The van der Waals surface area contributed by atoms with E-state index in [0.717, 1.165) is 6.42 Å². The van der Waals surface area contributed by atoms with E-state index in [1.165, 1.54) is 23.3 Å². The lowest BCUT2D eigenvalue weighted by Crippen LogP contribution is -2.25. The van der Waals surface area contributed by atoms with Gasteiger partial charge in [0.05, 0.1) is 11.4 Å². The van der Waals surface area contributed by atoms with Crippen molar-refractivity contribution in [3.05, 3.63) is 58.9 Å². The van der Waals surface area contributed by atoms with Crippen LogP contribution in [0.4, 0.5) is 15.8 Å². The first-order valence-electron chi connectivity index (χ1n) is 6.71. The third-order valence-corrected chi connectivity index (χ3v) is 3.91. The topological polar surface area (TPSA) is 75.3 Å². The van der Waals surface area contributed by atoms with Gasteiger partial charge in [0.15, 0.2) is 0 Å².